The van der Waals surface area contributed by atoms with Crippen LogP contribution < -0.4 is 5.14 Å². The molecule has 6 nitrogen and oxygen atoms in total. The average Bonchev–Trinajstić information content (AvgIpc) is 3.00. The SMILES string of the molecule is NS(=O)(=O)c1cc(C(=O)N2CCc3c(Br)ccc(F)c3C2)co1. The van der Waals surface area contributed by atoms with Gasteiger partial charge in [-0.3, -0.25) is 4.79 Å². The van der Waals surface area contributed by atoms with E-state index >= 15 is 0 Å². The van der Waals surface area contributed by atoms with Crippen molar-refractivity contribution < 1.29 is 22.0 Å². The van der Waals surface area contributed by atoms with Gasteiger partial charge in [-0.2, -0.15) is 0 Å². The number of carbonyl (C=O) groups excluding carboxylic acids is 1. The van der Waals surface area contributed by atoms with Crippen LogP contribution in [0.4, 0.5) is 4.39 Å². The van der Waals surface area contributed by atoms with Crippen LogP contribution >= 0.6 is 15.9 Å². The topological polar surface area (TPSA) is 93.6 Å². The number of benzene rings is 1. The largest absolute Gasteiger partial charge is 0.451 e. The van der Waals surface area contributed by atoms with E-state index in [1.165, 1.54) is 11.0 Å². The summed E-state index contributed by atoms with van der Waals surface area (Å²) in [6, 6.07) is 4.05. The summed E-state index contributed by atoms with van der Waals surface area (Å²) < 4.78 is 42.0. The molecule has 1 aromatic carbocycles. The Morgan fingerprint density at radius 3 is 2.74 bits per heavy atom. The molecule has 2 heterocycles. The fourth-order valence-corrected chi connectivity index (χ4v) is 3.57. The maximum Gasteiger partial charge on any atom is 0.271 e. The number of fused-ring (bicyclic) bond motifs is 1. The molecule has 3 rings (SSSR count). The Kier molecular flexibility index (Phi) is 4.03. The number of amides is 1. The first-order chi connectivity index (χ1) is 10.8. The van der Waals surface area contributed by atoms with E-state index in [4.69, 9.17) is 9.56 Å². The molecule has 2 N–H and O–H groups in total. The molecule has 9 heteroatoms. The number of primary sulfonamides is 1. The Hall–Kier alpha value is -1.71. The van der Waals surface area contributed by atoms with Crippen LogP contribution in [-0.2, 0) is 23.0 Å². The molecule has 1 amide bonds. The molecule has 0 aliphatic carbocycles. The highest BCUT2D eigenvalue weighted by molar-refractivity contribution is 9.10. The summed E-state index contributed by atoms with van der Waals surface area (Å²) in [5, 5.41) is 4.47. The maximum absolute atomic E-state index is 14.0. The van der Waals surface area contributed by atoms with Gasteiger partial charge in [0, 0.05) is 29.2 Å². The number of hydrogen-bond acceptors (Lipinski definition) is 4. The number of nitrogens with two attached hydrogens (primary N) is 1. The van der Waals surface area contributed by atoms with Crippen molar-refractivity contribution in [3.8, 4) is 0 Å². The van der Waals surface area contributed by atoms with Crippen LogP contribution in [0.25, 0.3) is 0 Å². The third kappa shape index (κ3) is 3.04. The average molecular weight is 403 g/mol. The molecule has 0 fully saturated rings. The van der Waals surface area contributed by atoms with Crippen LogP contribution in [0.2, 0.25) is 0 Å². The molecule has 0 saturated heterocycles. The molecule has 0 atom stereocenters. The summed E-state index contributed by atoms with van der Waals surface area (Å²) in [6.07, 6.45) is 1.54. The van der Waals surface area contributed by atoms with Gasteiger partial charge in [-0.05, 0) is 24.1 Å². The minimum atomic E-state index is -4.01. The van der Waals surface area contributed by atoms with Gasteiger partial charge < -0.3 is 9.32 Å². The van der Waals surface area contributed by atoms with E-state index in [1.54, 1.807) is 6.07 Å². The molecular formula is C14H12BrFN2O4S. The lowest BCUT2D eigenvalue weighted by Gasteiger charge is -2.29. The molecule has 1 aliphatic rings. The van der Waals surface area contributed by atoms with Crippen molar-refractivity contribution in [2.24, 2.45) is 5.14 Å². The van der Waals surface area contributed by atoms with Crippen molar-refractivity contribution in [1.29, 1.82) is 0 Å². The number of hydrogen-bond donors (Lipinski definition) is 1. The molecule has 0 spiro atoms. The Morgan fingerprint density at radius 1 is 1.35 bits per heavy atom. The highest BCUT2D eigenvalue weighted by atomic mass is 79.9. The molecule has 122 valence electrons. The summed E-state index contributed by atoms with van der Waals surface area (Å²) in [4.78, 5) is 13.9. The van der Waals surface area contributed by atoms with Gasteiger partial charge in [0.25, 0.3) is 15.9 Å². The van der Waals surface area contributed by atoms with E-state index in [9.17, 15) is 17.6 Å². The van der Waals surface area contributed by atoms with Crippen molar-refractivity contribution >= 4 is 31.9 Å². The monoisotopic (exact) mass is 402 g/mol. The van der Waals surface area contributed by atoms with Gasteiger partial charge in [0.05, 0.1) is 5.56 Å². The molecule has 0 bridgehead atoms. The van der Waals surface area contributed by atoms with Gasteiger partial charge in [-0.1, -0.05) is 15.9 Å². The zero-order valence-corrected chi connectivity index (χ0v) is 14.2. The Morgan fingerprint density at radius 2 is 2.09 bits per heavy atom. The lowest BCUT2D eigenvalue weighted by Crippen LogP contribution is -2.36. The number of rotatable bonds is 2. The quantitative estimate of drug-likeness (QED) is 0.831. The first-order valence-electron chi connectivity index (χ1n) is 6.63. The van der Waals surface area contributed by atoms with Gasteiger partial charge in [-0.25, -0.2) is 17.9 Å². The standard InChI is InChI=1S/C14H12BrFN2O4S/c15-11-1-2-12(16)10-6-18(4-3-9(10)11)14(19)8-5-13(22-7-8)23(17,20)21/h1-2,5,7H,3-4,6H2,(H2,17,20,21). The van der Waals surface area contributed by atoms with E-state index in [0.717, 1.165) is 22.4 Å². The lowest BCUT2D eigenvalue weighted by atomic mass is 9.99. The highest BCUT2D eigenvalue weighted by Gasteiger charge is 2.27. The molecular weight excluding hydrogens is 391 g/mol. The first kappa shape index (κ1) is 16.2. The van der Waals surface area contributed by atoms with Crippen LogP contribution in [0, 0.1) is 5.82 Å². The Balaban J connectivity index is 1.88. The van der Waals surface area contributed by atoms with Gasteiger partial charge in [0.1, 0.15) is 12.1 Å². The summed E-state index contributed by atoms with van der Waals surface area (Å²) in [6.45, 7) is 0.499. The van der Waals surface area contributed by atoms with Crippen LogP contribution in [0.3, 0.4) is 0 Å². The van der Waals surface area contributed by atoms with Crippen LogP contribution in [0.15, 0.2) is 38.4 Å². The fourth-order valence-electron chi connectivity index (χ4n) is 2.53. The smallest absolute Gasteiger partial charge is 0.271 e. The Labute approximate surface area is 140 Å². The number of carbonyl (C=O) groups is 1. The van der Waals surface area contributed by atoms with E-state index in [2.05, 4.69) is 15.9 Å². The van der Waals surface area contributed by atoms with Crippen LogP contribution in [0.5, 0.6) is 0 Å². The maximum atomic E-state index is 14.0. The van der Waals surface area contributed by atoms with Gasteiger partial charge in [0.15, 0.2) is 0 Å². The van der Waals surface area contributed by atoms with Crippen molar-refractivity contribution in [3.63, 3.8) is 0 Å². The second kappa shape index (κ2) is 5.73. The summed E-state index contributed by atoms with van der Waals surface area (Å²) in [7, 11) is -4.01. The minimum Gasteiger partial charge on any atom is -0.451 e. The van der Waals surface area contributed by atoms with E-state index < -0.39 is 21.0 Å². The predicted octanol–water partition coefficient (Wildman–Crippen LogP) is 2.03. The second-order valence-corrected chi connectivity index (χ2v) is 7.51. The summed E-state index contributed by atoms with van der Waals surface area (Å²) in [5.74, 6) is -0.813. The number of nitrogens with zero attached hydrogens (tertiary/aromatic N) is 1. The van der Waals surface area contributed by atoms with Crippen molar-refractivity contribution in [1.82, 2.24) is 4.90 Å². The van der Waals surface area contributed by atoms with Crippen molar-refractivity contribution in [2.45, 2.75) is 18.1 Å². The predicted molar refractivity (Wildman–Crippen MR) is 82.6 cm³/mol. The zero-order chi connectivity index (χ0) is 16.8. The minimum absolute atomic E-state index is 0.0629. The van der Waals surface area contributed by atoms with E-state index in [-0.39, 0.29) is 17.9 Å². The summed E-state index contributed by atoms with van der Waals surface area (Å²) >= 11 is 3.38. The van der Waals surface area contributed by atoms with Gasteiger partial charge in [-0.15, -0.1) is 0 Å². The van der Waals surface area contributed by atoms with E-state index in [1.807, 2.05) is 0 Å². The second-order valence-electron chi connectivity index (χ2n) is 5.16. The molecule has 1 aromatic heterocycles. The molecule has 0 unspecified atom stereocenters. The molecule has 2 aromatic rings. The summed E-state index contributed by atoms with van der Waals surface area (Å²) in [5.41, 5.74) is 1.36. The first-order valence-corrected chi connectivity index (χ1v) is 8.97. The van der Waals surface area contributed by atoms with Crippen LogP contribution in [-0.4, -0.2) is 25.8 Å². The van der Waals surface area contributed by atoms with Crippen molar-refractivity contribution in [2.75, 3.05) is 6.54 Å². The molecule has 0 saturated carbocycles. The van der Waals surface area contributed by atoms with Crippen LogP contribution in [0.1, 0.15) is 21.5 Å². The number of halogens is 2. The third-order valence-corrected chi connectivity index (χ3v) is 5.21. The van der Waals surface area contributed by atoms with Crippen molar-refractivity contribution in [3.05, 3.63) is 51.4 Å². The number of sulfonamides is 1. The molecule has 23 heavy (non-hydrogen) atoms. The zero-order valence-electron chi connectivity index (χ0n) is 11.8. The highest BCUT2D eigenvalue weighted by Crippen LogP contribution is 2.29. The van der Waals surface area contributed by atoms with Gasteiger partial charge >= 0.3 is 0 Å². The fraction of sp³-hybridized carbons (Fsp3) is 0.214. The number of furan rings is 1. The third-order valence-electron chi connectivity index (χ3n) is 3.69. The molecule has 1 aliphatic heterocycles. The van der Waals surface area contributed by atoms with Gasteiger partial charge in [0.2, 0.25) is 5.09 Å². The van der Waals surface area contributed by atoms with E-state index in [0.29, 0.717) is 18.5 Å². The molecule has 0 radical (unpaired) electrons. The lowest BCUT2D eigenvalue weighted by molar-refractivity contribution is 0.0731. The Bertz CT molecular complexity index is 894. The normalized spacial score (nSPS) is 14.7.